The number of hydrogen-bond donors (Lipinski definition) is 2. The first-order chi connectivity index (χ1) is 11.4. The first-order valence-corrected chi connectivity index (χ1v) is 9.21. The molecule has 0 aliphatic carbocycles. The van der Waals surface area contributed by atoms with Gasteiger partial charge in [0.2, 0.25) is 5.91 Å². The van der Waals surface area contributed by atoms with Crippen LogP contribution in [0, 0.1) is 0 Å². The van der Waals surface area contributed by atoms with Crippen molar-refractivity contribution >= 4 is 5.91 Å². The highest BCUT2D eigenvalue weighted by Gasteiger charge is 2.29. The lowest BCUT2D eigenvalue weighted by molar-refractivity contribution is -0.125. The van der Waals surface area contributed by atoms with Crippen LogP contribution in [0.3, 0.4) is 0 Å². The van der Waals surface area contributed by atoms with Gasteiger partial charge in [-0.15, -0.1) is 0 Å². The number of carbonyl (C=O) groups is 1. The van der Waals surface area contributed by atoms with Crippen LogP contribution in [0.4, 0.5) is 0 Å². The largest absolute Gasteiger partial charge is 0.393 e. The molecule has 2 N–H and O–H groups in total. The van der Waals surface area contributed by atoms with Crippen LogP contribution in [0.1, 0.15) is 51.2 Å². The summed E-state index contributed by atoms with van der Waals surface area (Å²) in [4.78, 5) is 14.9. The first kappa shape index (κ1) is 18.9. The molecule has 0 radical (unpaired) electrons. The smallest absolute Gasteiger partial charge is 0.230 e. The Morgan fingerprint density at radius 1 is 1.25 bits per heavy atom. The second-order valence-electron chi connectivity index (χ2n) is 7.36. The van der Waals surface area contributed by atoms with E-state index in [1.165, 1.54) is 5.56 Å². The molecule has 1 aromatic rings. The zero-order valence-corrected chi connectivity index (χ0v) is 15.3. The number of aliphatic hydroxyl groups excluding tert-OH is 1. The molecule has 1 aliphatic heterocycles. The number of rotatable bonds is 7. The molecule has 4 heteroatoms. The van der Waals surface area contributed by atoms with Crippen LogP contribution in [0.5, 0.6) is 0 Å². The number of likely N-dealkylation sites (tertiary alicyclic amines) is 1. The molecule has 4 nitrogen and oxygen atoms in total. The third kappa shape index (κ3) is 5.05. The molecule has 1 aliphatic rings. The van der Waals surface area contributed by atoms with E-state index in [-0.39, 0.29) is 12.0 Å². The van der Waals surface area contributed by atoms with Crippen molar-refractivity contribution in [2.24, 2.45) is 0 Å². The summed E-state index contributed by atoms with van der Waals surface area (Å²) in [6, 6.07) is 8.35. The Morgan fingerprint density at radius 3 is 2.46 bits per heavy atom. The minimum Gasteiger partial charge on any atom is -0.393 e. The van der Waals surface area contributed by atoms with Gasteiger partial charge in [-0.05, 0) is 57.2 Å². The van der Waals surface area contributed by atoms with E-state index in [0.717, 1.165) is 50.9 Å². The van der Waals surface area contributed by atoms with E-state index >= 15 is 0 Å². The van der Waals surface area contributed by atoms with Crippen LogP contribution in [0.2, 0.25) is 0 Å². The summed E-state index contributed by atoms with van der Waals surface area (Å²) in [7, 11) is 0. The topological polar surface area (TPSA) is 52.6 Å². The Hall–Kier alpha value is -1.39. The Labute approximate surface area is 146 Å². The van der Waals surface area contributed by atoms with Gasteiger partial charge in [-0.2, -0.15) is 0 Å². The van der Waals surface area contributed by atoms with Crippen molar-refractivity contribution in [2.75, 3.05) is 26.2 Å². The van der Waals surface area contributed by atoms with Gasteiger partial charge in [-0.3, -0.25) is 4.79 Å². The maximum absolute atomic E-state index is 12.6. The van der Waals surface area contributed by atoms with E-state index in [1.807, 2.05) is 13.8 Å². The van der Waals surface area contributed by atoms with Crippen molar-refractivity contribution < 1.29 is 9.90 Å². The van der Waals surface area contributed by atoms with Crippen molar-refractivity contribution in [1.29, 1.82) is 0 Å². The van der Waals surface area contributed by atoms with Crippen molar-refractivity contribution in [3.05, 3.63) is 35.4 Å². The molecule has 1 amide bonds. The standard InChI is InChI=1S/C20H32N2O2/c1-4-16-6-8-17(9-7-16)20(2,3)19(24)21-12-5-13-22-14-10-18(23)11-15-22/h6-9,18,23H,4-5,10-15H2,1-3H3,(H,21,24). The second kappa shape index (κ2) is 8.63. The monoisotopic (exact) mass is 332 g/mol. The Balaban J connectivity index is 1.76. The molecule has 0 aromatic heterocycles. The number of nitrogens with one attached hydrogen (secondary N) is 1. The SMILES string of the molecule is CCc1ccc(C(C)(C)C(=O)NCCCN2CCC(O)CC2)cc1. The third-order valence-corrected chi connectivity index (χ3v) is 5.15. The van der Waals surface area contributed by atoms with Crippen molar-refractivity contribution in [3.63, 3.8) is 0 Å². The zero-order chi connectivity index (χ0) is 17.6. The second-order valence-corrected chi connectivity index (χ2v) is 7.36. The first-order valence-electron chi connectivity index (χ1n) is 9.21. The fraction of sp³-hybridized carbons (Fsp3) is 0.650. The van der Waals surface area contributed by atoms with E-state index in [1.54, 1.807) is 0 Å². The number of carbonyl (C=O) groups excluding carboxylic acids is 1. The average molecular weight is 332 g/mol. The lowest BCUT2D eigenvalue weighted by Gasteiger charge is -2.29. The normalized spacial score (nSPS) is 17.0. The number of piperidine rings is 1. The van der Waals surface area contributed by atoms with Gasteiger partial charge in [0.05, 0.1) is 11.5 Å². The number of aliphatic hydroxyl groups is 1. The molecule has 0 saturated carbocycles. The molecule has 0 spiro atoms. The van der Waals surface area contributed by atoms with Crippen LogP contribution in [0.25, 0.3) is 0 Å². The molecular formula is C20H32N2O2. The fourth-order valence-electron chi connectivity index (χ4n) is 3.16. The average Bonchev–Trinajstić information content (AvgIpc) is 2.60. The Kier molecular flexibility index (Phi) is 6.81. The Bertz CT molecular complexity index is 517. The summed E-state index contributed by atoms with van der Waals surface area (Å²) in [6.45, 7) is 9.71. The fourth-order valence-corrected chi connectivity index (χ4v) is 3.16. The van der Waals surface area contributed by atoms with Crippen molar-refractivity contribution in [1.82, 2.24) is 10.2 Å². The van der Waals surface area contributed by atoms with Gasteiger partial charge >= 0.3 is 0 Å². The van der Waals surface area contributed by atoms with Crippen molar-refractivity contribution in [2.45, 2.75) is 58.0 Å². The minimum atomic E-state index is -0.512. The van der Waals surface area contributed by atoms with Gasteiger partial charge in [0, 0.05) is 19.6 Å². The molecule has 24 heavy (non-hydrogen) atoms. The van der Waals surface area contributed by atoms with Gasteiger partial charge in [0.25, 0.3) is 0 Å². The lowest BCUT2D eigenvalue weighted by Crippen LogP contribution is -2.42. The van der Waals surface area contributed by atoms with E-state index in [4.69, 9.17) is 0 Å². The van der Waals surface area contributed by atoms with Crippen LogP contribution in [0.15, 0.2) is 24.3 Å². The molecule has 0 unspecified atom stereocenters. The number of aryl methyl sites for hydroxylation is 1. The summed E-state index contributed by atoms with van der Waals surface area (Å²) >= 11 is 0. The minimum absolute atomic E-state index is 0.0841. The van der Waals surface area contributed by atoms with Crippen LogP contribution in [-0.2, 0) is 16.6 Å². The number of nitrogens with zero attached hydrogens (tertiary/aromatic N) is 1. The number of benzene rings is 1. The van der Waals surface area contributed by atoms with Crippen LogP contribution < -0.4 is 5.32 Å². The number of amides is 1. The Morgan fingerprint density at radius 2 is 1.88 bits per heavy atom. The molecule has 1 saturated heterocycles. The zero-order valence-electron chi connectivity index (χ0n) is 15.3. The summed E-state index contributed by atoms with van der Waals surface area (Å²) in [5, 5.41) is 12.6. The van der Waals surface area contributed by atoms with E-state index in [2.05, 4.69) is 41.4 Å². The predicted molar refractivity (Wildman–Crippen MR) is 98.2 cm³/mol. The summed E-state index contributed by atoms with van der Waals surface area (Å²) in [5.41, 5.74) is 1.84. The maximum atomic E-state index is 12.6. The highest BCUT2D eigenvalue weighted by molar-refractivity contribution is 5.87. The van der Waals surface area contributed by atoms with E-state index in [0.29, 0.717) is 6.54 Å². The molecule has 0 atom stereocenters. The molecule has 1 heterocycles. The van der Waals surface area contributed by atoms with Gasteiger partial charge in [0.1, 0.15) is 0 Å². The molecule has 134 valence electrons. The summed E-state index contributed by atoms with van der Waals surface area (Å²) < 4.78 is 0. The molecule has 1 aromatic carbocycles. The highest BCUT2D eigenvalue weighted by Crippen LogP contribution is 2.24. The van der Waals surface area contributed by atoms with E-state index in [9.17, 15) is 9.90 Å². The van der Waals surface area contributed by atoms with Gasteiger partial charge in [-0.1, -0.05) is 31.2 Å². The quantitative estimate of drug-likeness (QED) is 0.754. The van der Waals surface area contributed by atoms with Gasteiger partial charge in [0.15, 0.2) is 0 Å². The van der Waals surface area contributed by atoms with Crippen molar-refractivity contribution in [3.8, 4) is 0 Å². The molecule has 1 fully saturated rings. The van der Waals surface area contributed by atoms with Gasteiger partial charge < -0.3 is 15.3 Å². The van der Waals surface area contributed by atoms with Crippen LogP contribution in [-0.4, -0.2) is 48.2 Å². The third-order valence-electron chi connectivity index (χ3n) is 5.15. The predicted octanol–water partition coefficient (Wildman–Crippen LogP) is 2.49. The van der Waals surface area contributed by atoms with E-state index < -0.39 is 5.41 Å². The maximum Gasteiger partial charge on any atom is 0.230 e. The molecule has 2 rings (SSSR count). The van der Waals surface area contributed by atoms with Gasteiger partial charge in [-0.25, -0.2) is 0 Å². The highest BCUT2D eigenvalue weighted by atomic mass is 16.3. The molecular weight excluding hydrogens is 300 g/mol. The summed E-state index contributed by atoms with van der Waals surface area (Å²) in [6.07, 6.45) is 3.58. The molecule has 0 bridgehead atoms. The lowest BCUT2D eigenvalue weighted by atomic mass is 9.83. The van der Waals surface area contributed by atoms with Crippen LogP contribution >= 0.6 is 0 Å². The summed E-state index contributed by atoms with van der Waals surface area (Å²) in [5.74, 6) is 0.0841. The number of hydrogen-bond acceptors (Lipinski definition) is 3.